The average Bonchev–Trinajstić information content (AvgIpc) is 3.50. The highest BCUT2D eigenvalue weighted by Gasteiger charge is 2.30. The number of aromatic nitrogens is 2. The van der Waals surface area contributed by atoms with Crippen LogP contribution in [0.4, 0.5) is 4.79 Å². The van der Waals surface area contributed by atoms with Crippen LogP contribution in [0.25, 0.3) is 10.8 Å². The van der Waals surface area contributed by atoms with Crippen molar-refractivity contribution in [1.82, 2.24) is 20.4 Å². The van der Waals surface area contributed by atoms with Crippen LogP contribution in [-0.2, 0) is 6.54 Å². The molecule has 1 fully saturated rings. The molecule has 3 aromatic rings. The van der Waals surface area contributed by atoms with Crippen molar-refractivity contribution in [3.05, 3.63) is 47.1 Å². The number of carbonyl (C=O) groups excluding carboxylic acids is 1. The van der Waals surface area contributed by atoms with Crippen LogP contribution in [0.3, 0.4) is 0 Å². The largest absolute Gasteiger partial charge is 0.454 e. The van der Waals surface area contributed by atoms with Crippen LogP contribution in [0.5, 0.6) is 11.5 Å². The molecule has 8 nitrogen and oxygen atoms in total. The summed E-state index contributed by atoms with van der Waals surface area (Å²) in [6.45, 7) is 1.92. The third-order valence-electron chi connectivity index (χ3n) is 4.90. The van der Waals surface area contributed by atoms with Gasteiger partial charge in [-0.2, -0.15) is 4.98 Å². The van der Waals surface area contributed by atoms with Crippen molar-refractivity contribution in [2.24, 2.45) is 0 Å². The van der Waals surface area contributed by atoms with Gasteiger partial charge in [0.05, 0.1) is 4.88 Å². The zero-order chi connectivity index (χ0) is 18.9. The van der Waals surface area contributed by atoms with Gasteiger partial charge in [0, 0.05) is 25.6 Å². The first-order chi connectivity index (χ1) is 13.8. The summed E-state index contributed by atoms with van der Waals surface area (Å²) in [4.78, 5) is 19.8. The highest BCUT2D eigenvalue weighted by atomic mass is 32.1. The summed E-state index contributed by atoms with van der Waals surface area (Å²) in [5.74, 6) is 2.74. The minimum Gasteiger partial charge on any atom is -0.454 e. The van der Waals surface area contributed by atoms with Gasteiger partial charge in [-0.15, -0.1) is 11.3 Å². The number of amides is 2. The molecule has 1 aromatic carbocycles. The summed E-state index contributed by atoms with van der Waals surface area (Å²) < 4.78 is 16.0. The number of urea groups is 1. The van der Waals surface area contributed by atoms with E-state index in [1.54, 1.807) is 16.2 Å². The number of nitrogens with zero attached hydrogens (tertiary/aromatic N) is 3. The van der Waals surface area contributed by atoms with Gasteiger partial charge in [-0.3, -0.25) is 0 Å². The highest BCUT2D eigenvalue weighted by molar-refractivity contribution is 7.13. The third-order valence-corrected chi connectivity index (χ3v) is 5.75. The lowest BCUT2D eigenvalue weighted by atomic mass is 10.1. The lowest BCUT2D eigenvalue weighted by molar-refractivity contribution is 0.174. The van der Waals surface area contributed by atoms with Crippen LogP contribution < -0.4 is 14.8 Å². The van der Waals surface area contributed by atoms with Gasteiger partial charge in [0.2, 0.25) is 6.79 Å². The lowest BCUT2D eigenvalue weighted by Gasteiger charge is -2.17. The van der Waals surface area contributed by atoms with Crippen LogP contribution in [-0.4, -0.2) is 41.0 Å². The average molecular weight is 398 g/mol. The van der Waals surface area contributed by atoms with Gasteiger partial charge in [0.15, 0.2) is 17.3 Å². The number of thiophene rings is 1. The monoisotopic (exact) mass is 398 g/mol. The van der Waals surface area contributed by atoms with E-state index in [1.165, 1.54) is 0 Å². The van der Waals surface area contributed by atoms with Crippen molar-refractivity contribution in [3.63, 3.8) is 0 Å². The second-order valence-electron chi connectivity index (χ2n) is 6.71. The second kappa shape index (κ2) is 7.16. The molecular formula is C19H18N4O4S. The van der Waals surface area contributed by atoms with Crippen LogP contribution in [0, 0.1) is 0 Å². The number of hydrogen-bond acceptors (Lipinski definition) is 7. The molecule has 9 heteroatoms. The lowest BCUT2D eigenvalue weighted by Crippen LogP contribution is -2.38. The number of benzene rings is 1. The van der Waals surface area contributed by atoms with E-state index in [0.717, 1.165) is 22.6 Å². The summed E-state index contributed by atoms with van der Waals surface area (Å²) in [6, 6.07) is 9.48. The number of hydrogen-bond donors (Lipinski definition) is 1. The molecule has 2 aliphatic rings. The Bertz CT molecular complexity index is 988. The van der Waals surface area contributed by atoms with Crippen LogP contribution in [0.15, 0.2) is 40.2 Å². The Morgan fingerprint density at radius 1 is 1.29 bits per heavy atom. The molecular weight excluding hydrogens is 380 g/mol. The summed E-state index contributed by atoms with van der Waals surface area (Å²) >= 11 is 1.56. The normalized spacial score (nSPS) is 17.9. The first-order valence-electron chi connectivity index (χ1n) is 9.05. The number of ether oxygens (including phenoxy) is 2. The fraction of sp³-hybridized carbons (Fsp3) is 0.316. The van der Waals surface area contributed by atoms with Gasteiger partial charge in [-0.05, 0) is 35.6 Å². The Morgan fingerprint density at radius 2 is 2.21 bits per heavy atom. The van der Waals surface area contributed by atoms with Gasteiger partial charge in [-0.1, -0.05) is 17.3 Å². The van der Waals surface area contributed by atoms with Gasteiger partial charge >= 0.3 is 6.03 Å². The Kier molecular flexibility index (Phi) is 4.36. The summed E-state index contributed by atoms with van der Waals surface area (Å²) in [7, 11) is 0. The summed E-state index contributed by atoms with van der Waals surface area (Å²) in [5.41, 5.74) is 0.965. The molecule has 0 spiro atoms. The zero-order valence-corrected chi connectivity index (χ0v) is 15.8. The molecule has 2 amide bonds. The van der Waals surface area contributed by atoms with Crippen molar-refractivity contribution in [3.8, 4) is 22.3 Å². The third kappa shape index (κ3) is 3.29. The van der Waals surface area contributed by atoms with Gasteiger partial charge < -0.3 is 24.2 Å². The van der Waals surface area contributed by atoms with E-state index in [1.807, 2.05) is 35.7 Å². The number of fused-ring (bicyclic) bond motifs is 1. The quantitative estimate of drug-likeness (QED) is 0.726. The highest BCUT2D eigenvalue weighted by Crippen LogP contribution is 2.32. The maximum atomic E-state index is 12.5. The van der Waals surface area contributed by atoms with Crippen LogP contribution >= 0.6 is 11.3 Å². The molecule has 4 heterocycles. The molecule has 1 saturated heterocycles. The minimum absolute atomic E-state index is 0.0914. The van der Waals surface area contributed by atoms with Gasteiger partial charge in [0.1, 0.15) is 0 Å². The first kappa shape index (κ1) is 17.1. The SMILES string of the molecule is O=C(NCc1ccc2c(c1)OCO2)N1CC[C@@H](c2noc(-c3cccs3)n2)C1. The van der Waals surface area contributed by atoms with E-state index in [2.05, 4.69) is 15.5 Å². The van der Waals surface area contributed by atoms with Crippen molar-refractivity contribution < 1.29 is 18.8 Å². The maximum absolute atomic E-state index is 12.5. The predicted octanol–water partition coefficient (Wildman–Crippen LogP) is 3.23. The number of nitrogens with one attached hydrogen (secondary N) is 1. The summed E-state index contributed by atoms with van der Waals surface area (Å²) in [5, 5.41) is 9.04. The smallest absolute Gasteiger partial charge is 0.317 e. The molecule has 1 N–H and O–H groups in total. The Morgan fingerprint density at radius 3 is 3.11 bits per heavy atom. The van der Waals surface area contributed by atoms with E-state index >= 15 is 0 Å². The Hall–Kier alpha value is -3.07. The van der Waals surface area contributed by atoms with Crippen molar-refractivity contribution in [1.29, 1.82) is 0 Å². The Balaban J connectivity index is 1.17. The molecule has 0 saturated carbocycles. The van der Waals surface area contributed by atoms with Crippen LogP contribution in [0.2, 0.25) is 0 Å². The van der Waals surface area contributed by atoms with Crippen LogP contribution in [0.1, 0.15) is 23.7 Å². The first-order valence-corrected chi connectivity index (χ1v) is 9.93. The molecule has 28 heavy (non-hydrogen) atoms. The van der Waals surface area contributed by atoms with Crippen molar-refractivity contribution >= 4 is 17.4 Å². The number of likely N-dealkylation sites (tertiary alicyclic amines) is 1. The van der Waals surface area contributed by atoms with E-state index in [0.29, 0.717) is 37.1 Å². The number of rotatable bonds is 4. The molecule has 144 valence electrons. The van der Waals surface area contributed by atoms with Gasteiger partial charge in [-0.25, -0.2) is 4.79 Å². The summed E-state index contributed by atoms with van der Waals surface area (Å²) in [6.07, 6.45) is 0.820. The molecule has 0 bridgehead atoms. The van der Waals surface area contributed by atoms with E-state index < -0.39 is 0 Å². The molecule has 5 rings (SSSR count). The fourth-order valence-electron chi connectivity index (χ4n) is 3.40. The molecule has 2 aromatic heterocycles. The fourth-order valence-corrected chi connectivity index (χ4v) is 4.04. The van der Waals surface area contributed by atoms with E-state index in [-0.39, 0.29) is 18.7 Å². The molecule has 0 aliphatic carbocycles. The molecule has 0 radical (unpaired) electrons. The number of carbonyl (C=O) groups is 1. The van der Waals surface area contributed by atoms with Crippen molar-refractivity contribution in [2.45, 2.75) is 18.9 Å². The molecule has 0 unspecified atom stereocenters. The second-order valence-corrected chi connectivity index (χ2v) is 7.66. The van der Waals surface area contributed by atoms with Gasteiger partial charge in [0.25, 0.3) is 5.89 Å². The molecule has 1 atom stereocenters. The zero-order valence-electron chi connectivity index (χ0n) is 15.0. The maximum Gasteiger partial charge on any atom is 0.317 e. The van der Waals surface area contributed by atoms with E-state index in [4.69, 9.17) is 14.0 Å². The predicted molar refractivity (Wildman–Crippen MR) is 101 cm³/mol. The minimum atomic E-state index is -0.0952. The standard InChI is InChI=1S/C19H18N4O4S/c24-19(20-9-12-3-4-14-15(8-12)26-11-25-14)23-6-5-13(10-23)17-21-18(27-22-17)16-2-1-7-28-16/h1-4,7-8,13H,5-6,9-11H2,(H,20,24)/t13-/m1/s1. The Labute approximate surface area is 165 Å². The van der Waals surface area contributed by atoms with E-state index in [9.17, 15) is 4.79 Å². The van der Waals surface area contributed by atoms with Crippen molar-refractivity contribution in [2.75, 3.05) is 19.9 Å². The molecule has 2 aliphatic heterocycles. The topological polar surface area (TPSA) is 89.7 Å².